The predicted octanol–water partition coefficient (Wildman–Crippen LogP) is 6.12. The van der Waals surface area contributed by atoms with Gasteiger partial charge in [0.25, 0.3) is 0 Å². The molecule has 0 unspecified atom stereocenters. The van der Waals surface area contributed by atoms with Gasteiger partial charge < -0.3 is 25.6 Å². The van der Waals surface area contributed by atoms with Gasteiger partial charge in [-0.25, -0.2) is 9.78 Å². The minimum absolute atomic E-state index is 0.00238. The Morgan fingerprint density at radius 1 is 0.900 bits per heavy atom. The maximum absolute atomic E-state index is 13.7. The summed E-state index contributed by atoms with van der Waals surface area (Å²) in [6.45, 7) is 2.86. The number of azo groups is 1. The van der Waals surface area contributed by atoms with Crippen LogP contribution in [0.2, 0.25) is 0 Å². The minimum atomic E-state index is -4.60. The van der Waals surface area contributed by atoms with Crippen LogP contribution in [-0.2, 0) is 35.5 Å². The van der Waals surface area contributed by atoms with Crippen LogP contribution in [0.25, 0.3) is 10.8 Å². The number of hydrogen-bond acceptors (Lipinski definition) is 19. The summed E-state index contributed by atoms with van der Waals surface area (Å²) in [4.78, 5) is 32.7. The van der Waals surface area contributed by atoms with Gasteiger partial charge in [-0.3, -0.25) is 9.17 Å². The summed E-state index contributed by atoms with van der Waals surface area (Å²) in [5, 5.41) is 36.9. The number of phenols is 1. The second kappa shape index (κ2) is 18.0. The molecular formula is C37H37N11O10S2. The van der Waals surface area contributed by atoms with Crippen molar-refractivity contribution >= 4 is 71.9 Å². The number of aromatic nitrogens is 5. The second-order valence-electron chi connectivity index (χ2n) is 12.8. The summed E-state index contributed by atoms with van der Waals surface area (Å²) in [5.74, 6) is -2.20. The number of para-hydroxylation sites is 1. The van der Waals surface area contributed by atoms with E-state index in [4.69, 9.17) is 13.2 Å². The first-order valence-corrected chi connectivity index (χ1v) is 20.4. The van der Waals surface area contributed by atoms with Gasteiger partial charge in [-0.05, 0) is 49.4 Å². The van der Waals surface area contributed by atoms with Crippen LogP contribution in [0.15, 0.2) is 100 Å². The third-order valence-electron chi connectivity index (χ3n) is 8.28. The second-order valence-corrected chi connectivity index (χ2v) is 16.0. The number of anilines is 4. The lowest BCUT2D eigenvalue weighted by atomic mass is 10.0. The van der Waals surface area contributed by atoms with Crippen LogP contribution in [0, 0.1) is 6.92 Å². The molecule has 4 aromatic carbocycles. The van der Waals surface area contributed by atoms with Gasteiger partial charge in [-0.2, -0.15) is 50.6 Å². The van der Waals surface area contributed by atoms with Crippen molar-refractivity contribution < 1.29 is 45.0 Å². The highest BCUT2D eigenvalue weighted by Crippen LogP contribution is 2.46. The molecule has 0 aliphatic rings. The number of aryl methyl sites for hydroxylation is 1. The smallest absolute Gasteiger partial charge is 0.339 e. The molecule has 6 rings (SSSR count). The van der Waals surface area contributed by atoms with Crippen molar-refractivity contribution in [3.8, 4) is 17.5 Å². The summed E-state index contributed by atoms with van der Waals surface area (Å²) < 4.78 is 70.5. The highest BCUT2D eigenvalue weighted by atomic mass is 32.2. The normalized spacial score (nSPS) is 12.1. The summed E-state index contributed by atoms with van der Waals surface area (Å²) in [5.41, 5.74) is 0.801. The summed E-state index contributed by atoms with van der Waals surface area (Å²) in [6, 6.07) is 16.1. The number of phenolic OH excluding ortho intramolecular Hbond substituents is 1. The largest absolute Gasteiger partial charge is 0.505 e. The van der Waals surface area contributed by atoms with Crippen molar-refractivity contribution in [3.05, 3.63) is 102 Å². The molecule has 6 aromatic rings. The number of benzene rings is 4. The van der Waals surface area contributed by atoms with E-state index in [0.717, 1.165) is 14.9 Å². The topological polar surface area (TPSA) is 273 Å². The standard InChI is InChI=1S/C37H37N11O10S2/c1-6-48(5)60(54,55)56-21-23-19-26-29(59(52,53)58-47(3)4)16-15-27(31(26)33(49)32(23)46-45-24-13-11-22(2)12-14-24)40-35-42-36(41-30-20-38-17-18-39-30)44-37(43-35)57-28-10-8-7-9-25(28)34(50)51/h7-20,49H,6,21H2,1-5H3,(H,50,51)(H2,39,40,41,42,43,44). The zero-order valence-electron chi connectivity index (χ0n) is 32.5. The van der Waals surface area contributed by atoms with Gasteiger partial charge >= 0.3 is 32.4 Å². The molecule has 312 valence electrons. The highest BCUT2D eigenvalue weighted by Gasteiger charge is 2.28. The van der Waals surface area contributed by atoms with E-state index in [1.807, 2.05) is 6.92 Å². The lowest BCUT2D eigenvalue weighted by molar-refractivity contribution is 0.00527. The fraction of sp³-hybridized carbons (Fsp3) is 0.189. The van der Waals surface area contributed by atoms with Crippen molar-refractivity contribution in [1.82, 2.24) is 34.3 Å². The van der Waals surface area contributed by atoms with Gasteiger partial charge in [0.15, 0.2) is 11.6 Å². The van der Waals surface area contributed by atoms with Crippen molar-refractivity contribution in [1.29, 1.82) is 0 Å². The summed E-state index contributed by atoms with van der Waals surface area (Å²) in [6.07, 6.45) is 4.25. The van der Waals surface area contributed by atoms with E-state index in [0.29, 0.717) is 5.69 Å². The number of aromatic carboxylic acids is 1. The molecule has 0 saturated carbocycles. The first-order chi connectivity index (χ1) is 28.5. The molecule has 0 bridgehead atoms. The first-order valence-electron chi connectivity index (χ1n) is 17.6. The number of nitrogens with one attached hydrogen (secondary N) is 2. The van der Waals surface area contributed by atoms with Crippen molar-refractivity contribution in [2.24, 2.45) is 10.2 Å². The molecule has 0 fully saturated rings. The summed E-state index contributed by atoms with van der Waals surface area (Å²) in [7, 11) is -4.88. The number of ether oxygens (including phenoxy) is 1. The lowest BCUT2D eigenvalue weighted by Crippen LogP contribution is -2.28. The van der Waals surface area contributed by atoms with Crippen LogP contribution in [0.3, 0.4) is 0 Å². The van der Waals surface area contributed by atoms with E-state index >= 15 is 0 Å². The molecule has 0 saturated heterocycles. The lowest BCUT2D eigenvalue weighted by Gasteiger charge is -2.19. The Morgan fingerprint density at radius 3 is 2.28 bits per heavy atom. The SMILES string of the molecule is CCN(C)S(=O)(=O)OCc1cc2c(S(=O)(=O)ON(C)C)ccc(Nc3nc(Nc4cnccn4)nc(Oc4ccccc4C(=O)O)n3)c2c(O)c1N=Nc1ccc(C)cc1. The maximum atomic E-state index is 13.7. The van der Waals surface area contributed by atoms with E-state index in [1.54, 1.807) is 37.3 Å². The molecule has 0 atom stereocenters. The molecule has 21 nitrogen and oxygen atoms in total. The third-order valence-corrected chi connectivity index (χ3v) is 11.1. The van der Waals surface area contributed by atoms with Crippen LogP contribution >= 0.6 is 0 Å². The van der Waals surface area contributed by atoms with Crippen LogP contribution in [0.4, 0.5) is 34.8 Å². The predicted molar refractivity (Wildman–Crippen MR) is 217 cm³/mol. The maximum Gasteiger partial charge on any atom is 0.339 e. The Hall–Kier alpha value is -6.76. The van der Waals surface area contributed by atoms with Crippen LogP contribution in [0.5, 0.6) is 17.5 Å². The van der Waals surface area contributed by atoms with Gasteiger partial charge in [0.2, 0.25) is 11.9 Å². The summed E-state index contributed by atoms with van der Waals surface area (Å²) >= 11 is 0. The number of aromatic hydroxyl groups is 1. The van der Waals surface area contributed by atoms with E-state index in [-0.39, 0.29) is 69.3 Å². The molecule has 60 heavy (non-hydrogen) atoms. The Kier molecular flexibility index (Phi) is 12.9. The number of carbonyl (C=O) groups is 1. The van der Waals surface area contributed by atoms with Crippen molar-refractivity contribution in [2.75, 3.05) is 38.3 Å². The number of hydrogen-bond donors (Lipinski definition) is 4. The molecular weight excluding hydrogens is 823 g/mol. The van der Waals surface area contributed by atoms with Crippen molar-refractivity contribution in [2.45, 2.75) is 25.3 Å². The van der Waals surface area contributed by atoms with E-state index in [2.05, 4.69) is 45.8 Å². The number of nitrogens with zero attached hydrogens (tertiary/aromatic N) is 9. The number of fused-ring (bicyclic) bond motifs is 1. The molecule has 2 aromatic heterocycles. The minimum Gasteiger partial charge on any atom is -0.505 e. The molecule has 0 radical (unpaired) electrons. The zero-order valence-corrected chi connectivity index (χ0v) is 34.1. The van der Waals surface area contributed by atoms with Crippen LogP contribution < -0.4 is 15.4 Å². The van der Waals surface area contributed by atoms with E-state index < -0.39 is 43.6 Å². The monoisotopic (exact) mass is 859 g/mol. The quantitative estimate of drug-likeness (QED) is 0.0594. The molecule has 0 aliphatic carbocycles. The average molecular weight is 860 g/mol. The van der Waals surface area contributed by atoms with Crippen molar-refractivity contribution in [3.63, 3.8) is 0 Å². The molecule has 0 aliphatic heterocycles. The fourth-order valence-corrected chi connectivity index (χ4v) is 7.25. The van der Waals surface area contributed by atoms with Gasteiger partial charge in [0, 0.05) is 51.0 Å². The van der Waals surface area contributed by atoms with Crippen LogP contribution in [0.1, 0.15) is 28.4 Å². The number of carboxylic acids is 1. The number of rotatable bonds is 17. The fourth-order valence-electron chi connectivity index (χ4n) is 5.34. The Bertz CT molecular complexity index is 2800. The Balaban J connectivity index is 1.56. The first kappa shape index (κ1) is 42.8. The van der Waals surface area contributed by atoms with E-state index in [9.17, 15) is 31.8 Å². The van der Waals surface area contributed by atoms with Gasteiger partial charge in [0.05, 0.1) is 29.6 Å². The number of hydroxylamine groups is 2. The van der Waals surface area contributed by atoms with Gasteiger partial charge in [0.1, 0.15) is 21.9 Å². The Morgan fingerprint density at radius 2 is 1.62 bits per heavy atom. The van der Waals surface area contributed by atoms with Gasteiger partial charge in [-0.1, -0.05) is 36.8 Å². The average Bonchev–Trinajstić information content (AvgIpc) is 3.20. The highest BCUT2D eigenvalue weighted by molar-refractivity contribution is 7.87. The molecule has 4 N–H and O–H groups in total. The zero-order chi connectivity index (χ0) is 43.2. The van der Waals surface area contributed by atoms with Crippen LogP contribution in [-0.4, -0.2) is 95.0 Å². The molecule has 0 amide bonds. The number of carboxylic acid groups (broad SMARTS) is 1. The molecule has 23 heteroatoms. The Labute approximate surface area is 343 Å². The third kappa shape index (κ3) is 10.1. The van der Waals surface area contributed by atoms with E-state index in [1.165, 1.54) is 76.1 Å². The molecule has 2 heterocycles. The molecule has 0 spiro atoms. The van der Waals surface area contributed by atoms with Gasteiger partial charge in [-0.15, -0.1) is 5.11 Å².